The zero-order valence-electron chi connectivity index (χ0n) is 14.2. The summed E-state index contributed by atoms with van der Waals surface area (Å²) in [5, 5.41) is 10.0. The molecule has 0 aliphatic heterocycles. The normalized spacial score (nSPS) is 10.3. The summed E-state index contributed by atoms with van der Waals surface area (Å²) in [6.45, 7) is 1.93. The van der Waals surface area contributed by atoms with Gasteiger partial charge in [-0.15, -0.1) is 11.3 Å². The predicted molar refractivity (Wildman–Crippen MR) is 93.9 cm³/mol. The van der Waals surface area contributed by atoms with Crippen LogP contribution < -0.4 is 0 Å². The molecule has 0 aliphatic rings. The van der Waals surface area contributed by atoms with E-state index in [-0.39, 0.29) is 5.82 Å². The average Bonchev–Trinajstić information content (AvgIpc) is 3.06. The minimum absolute atomic E-state index is 0.339. The highest BCUT2D eigenvalue weighted by atomic mass is 32.1. The molecule has 0 atom stereocenters. The van der Waals surface area contributed by atoms with Crippen molar-refractivity contribution in [1.29, 1.82) is 0 Å². The number of rotatable bonds is 1. The van der Waals surface area contributed by atoms with Gasteiger partial charge in [0, 0.05) is 17.8 Å². The molecule has 0 bridgehead atoms. The van der Waals surface area contributed by atoms with Gasteiger partial charge in [0.25, 0.3) is 0 Å². The van der Waals surface area contributed by atoms with Crippen LogP contribution in [0.1, 0.15) is 16.3 Å². The van der Waals surface area contributed by atoms with Gasteiger partial charge in [0.15, 0.2) is 5.82 Å². The summed E-state index contributed by atoms with van der Waals surface area (Å²) >= 11 is 1.55. The van der Waals surface area contributed by atoms with Gasteiger partial charge >= 0.3 is 12.1 Å². The van der Waals surface area contributed by atoms with Gasteiger partial charge in [0.2, 0.25) is 0 Å². The Bertz CT molecular complexity index is 1020. The third-order valence-electron chi connectivity index (χ3n) is 2.96. The highest BCUT2D eigenvalue weighted by Crippen LogP contribution is 2.17. The quantitative estimate of drug-likeness (QED) is 0.484. The monoisotopic (exact) mass is 409 g/mol. The maximum atomic E-state index is 13.6. The number of thiazole rings is 1. The van der Waals surface area contributed by atoms with Gasteiger partial charge in [0.1, 0.15) is 11.5 Å². The van der Waals surface area contributed by atoms with Crippen molar-refractivity contribution in [2.24, 2.45) is 0 Å². The number of nitrogens with zero attached hydrogens (tertiary/aromatic N) is 3. The van der Waals surface area contributed by atoms with Crippen LogP contribution in [0.15, 0.2) is 42.0 Å². The summed E-state index contributed by atoms with van der Waals surface area (Å²) < 4.78 is 45.4. The topological polar surface area (TPSA) is 76.0 Å². The summed E-state index contributed by atoms with van der Waals surface area (Å²) in [6, 6.07) is 6.42. The first-order valence-electron chi connectivity index (χ1n) is 7.48. The number of carbonyl (C=O) groups is 1. The van der Waals surface area contributed by atoms with Crippen molar-refractivity contribution in [3.05, 3.63) is 64.1 Å². The molecule has 0 spiro atoms. The molecule has 0 amide bonds. The van der Waals surface area contributed by atoms with E-state index in [0.29, 0.717) is 17.0 Å². The molecule has 0 unspecified atom stereocenters. The van der Waals surface area contributed by atoms with E-state index in [0.717, 1.165) is 10.7 Å². The molecule has 0 saturated heterocycles. The van der Waals surface area contributed by atoms with E-state index in [1.807, 2.05) is 12.3 Å². The molecule has 0 fully saturated rings. The Hall–Kier alpha value is -3.32. The third-order valence-corrected chi connectivity index (χ3v) is 3.74. The number of hydrogen-bond donors (Lipinski definition) is 1. The lowest BCUT2D eigenvalue weighted by Gasteiger charge is -2.00. The summed E-state index contributed by atoms with van der Waals surface area (Å²) in [6.07, 6.45) is -1.91. The zero-order valence-corrected chi connectivity index (χ0v) is 15.0. The number of benzene rings is 1. The van der Waals surface area contributed by atoms with E-state index in [4.69, 9.17) is 9.90 Å². The largest absolute Gasteiger partial charge is 0.490 e. The second-order valence-corrected chi connectivity index (χ2v) is 6.14. The van der Waals surface area contributed by atoms with Crippen LogP contribution >= 0.6 is 11.3 Å². The number of hydrogen-bond acceptors (Lipinski definition) is 5. The summed E-state index contributed by atoms with van der Waals surface area (Å²) in [5.41, 5.74) is 1.78. The highest BCUT2D eigenvalue weighted by molar-refractivity contribution is 7.09. The van der Waals surface area contributed by atoms with Gasteiger partial charge in [-0.2, -0.15) is 13.2 Å². The molecule has 3 rings (SSSR count). The van der Waals surface area contributed by atoms with Crippen molar-refractivity contribution in [3.63, 3.8) is 0 Å². The molecule has 3 aromatic rings. The van der Waals surface area contributed by atoms with Crippen LogP contribution in [0.25, 0.3) is 11.4 Å². The molecule has 5 nitrogen and oxygen atoms in total. The van der Waals surface area contributed by atoms with Crippen molar-refractivity contribution in [1.82, 2.24) is 15.0 Å². The predicted octanol–water partition coefficient (Wildman–Crippen LogP) is 4.08. The average molecular weight is 409 g/mol. The molecule has 0 saturated carbocycles. The van der Waals surface area contributed by atoms with Crippen LogP contribution in [0.4, 0.5) is 17.6 Å². The molecule has 2 aromatic heterocycles. The van der Waals surface area contributed by atoms with Crippen molar-refractivity contribution < 1.29 is 27.5 Å². The van der Waals surface area contributed by atoms with E-state index in [1.165, 1.54) is 6.07 Å². The lowest BCUT2D eigenvalue weighted by Crippen LogP contribution is -2.21. The molecule has 10 heteroatoms. The first-order valence-corrected chi connectivity index (χ1v) is 8.36. The second-order valence-electron chi connectivity index (χ2n) is 5.08. The number of alkyl halides is 3. The number of aryl methyl sites for hydroxylation is 1. The second kappa shape index (κ2) is 9.05. The molecular formula is C18H11F4N3O2S. The molecule has 1 N–H and O–H groups in total. The van der Waals surface area contributed by atoms with Crippen molar-refractivity contribution >= 4 is 17.3 Å². The van der Waals surface area contributed by atoms with Crippen molar-refractivity contribution in [2.75, 3.05) is 0 Å². The van der Waals surface area contributed by atoms with Crippen LogP contribution in [0.5, 0.6) is 0 Å². The molecule has 2 heterocycles. The Morgan fingerprint density at radius 2 is 1.75 bits per heavy atom. The Morgan fingerprint density at radius 3 is 2.25 bits per heavy atom. The van der Waals surface area contributed by atoms with E-state index in [9.17, 15) is 17.6 Å². The van der Waals surface area contributed by atoms with E-state index < -0.39 is 12.1 Å². The van der Waals surface area contributed by atoms with Gasteiger partial charge in [-0.3, -0.25) is 0 Å². The van der Waals surface area contributed by atoms with Crippen molar-refractivity contribution in [2.45, 2.75) is 13.1 Å². The zero-order chi connectivity index (χ0) is 20.7. The van der Waals surface area contributed by atoms with Crippen molar-refractivity contribution in [3.8, 4) is 23.2 Å². The fourth-order valence-corrected chi connectivity index (χ4v) is 2.28. The van der Waals surface area contributed by atoms with Crippen LogP contribution in [0.2, 0.25) is 0 Å². The van der Waals surface area contributed by atoms with Crippen LogP contribution in [0, 0.1) is 24.6 Å². The SMILES string of the molecule is Cc1nc(C#Cc2cnc(-c3ccccc3F)nc2)cs1.O=C(O)C(F)(F)F. The number of carboxylic acids is 1. The highest BCUT2D eigenvalue weighted by Gasteiger charge is 2.38. The Labute approximate surface area is 160 Å². The first-order chi connectivity index (χ1) is 13.2. The molecule has 28 heavy (non-hydrogen) atoms. The number of halogens is 4. The first kappa shape index (κ1) is 21.0. The number of carboxylic acid groups (broad SMARTS) is 1. The minimum Gasteiger partial charge on any atom is -0.475 e. The fraction of sp³-hybridized carbons (Fsp3) is 0.111. The van der Waals surface area contributed by atoms with Gasteiger partial charge < -0.3 is 5.11 Å². The summed E-state index contributed by atoms with van der Waals surface area (Å²) in [7, 11) is 0. The third kappa shape index (κ3) is 6.14. The van der Waals surface area contributed by atoms with E-state index in [1.54, 1.807) is 41.9 Å². The maximum Gasteiger partial charge on any atom is 0.490 e. The molecule has 1 aromatic carbocycles. The van der Waals surface area contributed by atoms with Crippen LogP contribution in [-0.4, -0.2) is 32.2 Å². The minimum atomic E-state index is -5.08. The number of aromatic nitrogens is 3. The van der Waals surface area contributed by atoms with Gasteiger partial charge in [-0.25, -0.2) is 24.1 Å². The molecule has 0 radical (unpaired) electrons. The van der Waals surface area contributed by atoms with E-state index in [2.05, 4.69) is 26.8 Å². The van der Waals surface area contributed by atoms with Crippen LogP contribution in [0.3, 0.4) is 0 Å². The molecule has 0 aliphatic carbocycles. The lowest BCUT2D eigenvalue weighted by molar-refractivity contribution is -0.192. The maximum absolute atomic E-state index is 13.6. The lowest BCUT2D eigenvalue weighted by atomic mass is 10.2. The standard InChI is InChI=1S/C16H10FN3S.C2HF3O2/c1-11-20-13(10-21-11)7-6-12-8-18-16(19-9-12)14-4-2-3-5-15(14)17;3-2(4,5)1(6)7/h2-5,8-10H,1H3;(H,6,7). The van der Waals surface area contributed by atoms with Gasteiger partial charge in [0.05, 0.1) is 16.1 Å². The van der Waals surface area contributed by atoms with Gasteiger partial charge in [-0.05, 0) is 25.0 Å². The Balaban J connectivity index is 0.000000345. The molecule has 144 valence electrons. The number of aliphatic carboxylic acids is 1. The van der Waals surface area contributed by atoms with Gasteiger partial charge in [-0.1, -0.05) is 18.1 Å². The van der Waals surface area contributed by atoms with Crippen LogP contribution in [-0.2, 0) is 4.79 Å². The fourth-order valence-electron chi connectivity index (χ4n) is 1.73. The summed E-state index contributed by atoms with van der Waals surface area (Å²) in [5.74, 6) is 3.15. The Morgan fingerprint density at radius 1 is 1.14 bits per heavy atom. The molecular weight excluding hydrogens is 398 g/mol. The summed E-state index contributed by atoms with van der Waals surface area (Å²) in [4.78, 5) is 21.5. The van der Waals surface area contributed by atoms with E-state index >= 15 is 0 Å². The Kier molecular flexibility index (Phi) is 6.79. The smallest absolute Gasteiger partial charge is 0.475 e.